The van der Waals surface area contributed by atoms with Crippen LogP contribution < -0.4 is 10.6 Å². The smallest absolute Gasteiger partial charge is 0.407 e. The number of carbonyl (C=O) groups excluding carboxylic acids is 3. The second kappa shape index (κ2) is 28.6. The highest BCUT2D eigenvalue weighted by Crippen LogP contribution is 2.42. The molecule has 12 heteroatoms. The number of carbonyl (C=O) groups is 3. The molecule has 0 saturated carbocycles. The lowest BCUT2D eigenvalue weighted by Gasteiger charge is -2.35. The number of alkyl carbamates (subject to hydrolysis) is 2. The van der Waals surface area contributed by atoms with Gasteiger partial charge in [-0.2, -0.15) is 0 Å². The Kier molecular flexibility index (Phi) is 22.3. The average Bonchev–Trinajstić information content (AvgIpc) is 3.40. The first kappa shape index (κ1) is 62.3. The van der Waals surface area contributed by atoms with E-state index < -0.39 is 11.2 Å². The van der Waals surface area contributed by atoms with Gasteiger partial charge in [-0.15, -0.1) is 0 Å². The van der Waals surface area contributed by atoms with Crippen LogP contribution >= 0.6 is 0 Å². The molecule has 5 aromatic carbocycles. The highest BCUT2D eigenvalue weighted by molar-refractivity contribution is 6.39. The number of hydrogen-bond acceptors (Lipinski definition) is 8. The number of unbranched alkanes of at least 4 members (excludes halogenated alkanes) is 6. The van der Waals surface area contributed by atoms with Crippen molar-refractivity contribution in [3.05, 3.63) is 130 Å². The van der Waals surface area contributed by atoms with E-state index in [-0.39, 0.29) is 18.2 Å². The van der Waals surface area contributed by atoms with Gasteiger partial charge in [0.15, 0.2) is 0 Å². The Balaban J connectivity index is 1.21. The van der Waals surface area contributed by atoms with Crippen molar-refractivity contribution >= 4 is 54.3 Å². The fraction of sp³-hybridized carbons (Fsp3) is 0.574. The zero-order chi connectivity index (χ0) is 57.5. The number of nitrogens with one attached hydrogen (secondary N) is 2. The number of ether oxygens (including phenoxy) is 3. The molecule has 2 aliphatic heterocycles. The number of methoxy groups -OCH3 is 1. The van der Waals surface area contributed by atoms with Crippen molar-refractivity contribution in [3.8, 4) is 0 Å². The maximum Gasteiger partial charge on any atom is 0.407 e. The van der Waals surface area contributed by atoms with Crippen molar-refractivity contribution in [1.29, 1.82) is 0 Å². The molecule has 2 saturated heterocycles. The van der Waals surface area contributed by atoms with Crippen LogP contribution in [0.1, 0.15) is 202 Å². The first-order valence-corrected chi connectivity index (χ1v) is 30.3. The Bertz CT molecular complexity index is 2810. The number of hydrogen-bond donors (Lipinski definition) is 2. The minimum Gasteiger partial charge on any atom is -0.465 e. The molecule has 2 aliphatic rings. The van der Waals surface area contributed by atoms with Gasteiger partial charge >= 0.3 is 18.2 Å². The number of fused-ring (bicyclic) bond motifs is 2. The van der Waals surface area contributed by atoms with E-state index in [1.165, 1.54) is 64.1 Å². The molecule has 2 atom stereocenters. The number of benzene rings is 5. The van der Waals surface area contributed by atoms with E-state index >= 15 is 0 Å². The Morgan fingerprint density at radius 2 is 0.950 bits per heavy atom. The quantitative estimate of drug-likeness (QED) is 0.0196. The van der Waals surface area contributed by atoms with Gasteiger partial charge in [0.25, 0.3) is 0 Å². The first-order valence-electron chi connectivity index (χ1n) is 30.3. The zero-order valence-electron chi connectivity index (χ0n) is 50.9. The van der Waals surface area contributed by atoms with Crippen molar-refractivity contribution in [2.75, 3.05) is 33.3 Å². The van der Waals surface area contributed by atoms with Crippen LogP contribution in [0.5, 0.6) is 0 Å². The van der Waals surface area contributed by atoms with Crippen molar-refractivity contribution in [3.63, 3.8) is 0 Å². The molecule has 5 aromatic rings. The molecule has 0 bridgehead atoms. The Labute approximate surface area is 483 Å². The molecule has 7 rings (SSSR count). The normalized spacial score (nSPS) is 17.2. The molecule has 2 fully saturated rings. The van der Waals surface area contributed by atoms with Gasteiger partial charge in [0.05, 0.1) is 12.7 Å². The SMILES string of the molecule is COC(=O)c1ccc2c(CN(CCCCCCNC(=O)OC(C)(C)C)Cc3ccccc3C3[B]CC(C)(C)CC3)c3ccccc3c(CN(CCCCCCNC(=O)OC(C)(C)C)Cc3ccccc3C3[B]CC(C)(C)CC3)c2c1. The fourth-order valence-electron chi connectivity index (χ4n) is 12.0. The standard InChI is InChI=1S/C68H96B2N4O6/c1-65(2,3)79-63(76)71-38-22-12-14-24-40-73(43-50-26-16-18-28-52(50)60-34-36-67(7,8)47-69-60)45-58-54-30-20-21-31-55(54)59(57-42-49(62(75)78-11)32-33-56(57)58)46-74(41-25-15-13-23-39-72-64(77)80-66(4,5)6)44-51-27-17-19-29-53(51)61-35-37-68(9,10)48-70-61/h16-21,26-33,42,60-61H,12-15,22-25,34-41,43-48H2,1-11H3,(H,71,76)(H,72,77). The number of rotatable bonds is 25. The maximum absolute atomic E-state index is 13.5. The molecule has 2 amide bonds. The lowest BCUT2D eigenvalue weighted by molar-refractivity contribution is 0.0515. The monoisotopic (exact) mass is 1090 g/mol. The van der Waals surface area contributed by atoms with Crippen LogP contribution in [0.2, 0.25) is 12.6 Å². The van der Waals surface area contributed by atoms with E-state index in [1.807, 2.05) is 47.6 Å². The van der Waals surface area contributed by atoms with Crippen LogP contribution in [0.15, 0.2) is 91.0 Å². The summed E-state index contributed by atoms with van der Waals surface area (Å²) < 4.78 is 16.4. The topological polar surface area (TPSA) is 109 Å². The van der Waals surface area contributed by atoms with E-state index in [9.17, 15) is 14.4 Å². The summed E-state index contributed by atoms with van der Waals surface area (Å²) in [5.74, 6) is 0.514. The third kappa shape index (κ3) is 18.9. The highest BCUT2D eigenvalue weighted by atomic mass is 16.6. The first-order chi connectivity index (χ1) is 38.1. The van der Waals surface area contributed by atoms with Gasteiger partial charge < -0.3 is 24.8 Å². The highest BCUT2D eigenvalue weighted by Gasteiger charge is 2.32. The zero-order valence-corrected chi connectivity index (χ0v) is 50.9. The fourth-order valence-corrected chi connectivity index (χ4v) is 12.0. The van der Waals surface area contributed by atoms with Crippen LogP contribution in [0.4, 0.5) is 9.59 Å². The summed E-state index contributed by atoms with van der Waals surface area (Å²) in [5.41, 5.74) is 8.29. The second-order valence-corrected chi connectivity index (χ2v) is 26.8. The molecule has 2 radical (unpaired) electrons. The van der Waals surface area contributed by atoms with Crippen LogP contribution in [0.25, 0.3) is 21.5 Å². The van der Waals surface area contributed by atoms with Gasteiger partial charge in [0.2, 0.25) is 0 Å². The summed E-state index contributed by atoms with van der Waals surface area (Å²) in [5, 5.41) is 10.6. The van der Waals surface area contributed by atoms with Crippen LogP contribution in [-0.4, -0.2) is 87.0 Å². The molecule has 430 valence electrons. The molecule has 2 heterocycles. The molecule has 0 aliphatic carbocycles. The molecule has 2 N–H and O–H groups in total. The molecular formula is C68H96B2N4O6. The largest absolute Gasteiger partial charge is 0.465 e. The van der Waals surface area contributed by atoms with Gasteiger partial charge in [-0.25, -0.2) is 14.4 Å². The summed E-state index contributed by atoms with van der Waals surface area (Å²) in [4.78, 5) is 43.6. The third-order valence-electron chi connectivity index (χ3n) is 16.4. The Hall–Kier alpha value is -5.32. The van der Waals surface area contributed by atoms with Crippen LogP contribution in [-0.2, 0) is 40.4 Å². The maximum atomic E-state index is 13.5. The predicted octanol–water partition coefficient (Wildman–Crippen LogP) is 15.9. The van der Waals surface area contributed by atoms with Gasteiger partial charge in [0, 0.05) is 39.3 Å². The van der Waals surface area contributed by atoms with E-state index in [0.717, 1.165) is 120 Å². The summed E-state index contributed by atoms with van der Waals surface area (Å²) in [6, 6.07) is 33.4. The van der Waals surface area contributed by atoms with E-state index in [4.69, 9.17) is 14.2 Å². The predicted molar refractivity (Wildman–Crippen MR) is 332 cm³/mol. The third-order valence-corrected chi connectivity index (χ3v) is 16.4. The second-order valence-electron chi connectivity index (χ2n) is 26.8. The van der Waals surface area contributed by atoms with Gasteiger partial charge in [-0.1, -0.05) is 158 Å². The van der Waals surface area contributed by atoms with Crippen molar-refractivity contribution in [2.24, 2.45) is 10.8 Å². The average molecular weight is 1090 g/mol. The van der Waals surface area contributed by atoms with E-state index in [0.29, 0.717) is 47.7 Å². The lowest BCUT2D eigenvalue weighted by atomic mass is 9.47. The molecular weight excluding hydrogens is 990 g/mol. The number of nitrogens with zero attached hydrogens (tertiary/aromatic N) is 2. The Morgan fingerprint density at radius 1 is 0.537 bits per heavy atom. The van der Waals surface area contributed by atoms with E-state index in [2.05, 4.69) is 148 Å². The lowest BCUT2D eigenvalue weighted by Crippen LogP contribution is -2.33. The van der Waals surface area contributed by atoms with Gasteiger partial charge in [0.1, 0.15) is 25.8 Å². The van der Waals surface area contributed by atoms with Gasteiger partial charge in [-0.3, -0.25) is 9.80 Å². The van der Waals surface area contributed by atoms with Crippen molar-refractivity contribution < 1.29 is 28.6 Å². The summed E-state index contributed by atoms with van der Waals surface area (Å²) in [6.45, 7) is 26.9. The summed E-state index contributed by atoms with van der Waals surface area (Å²) in [6.07, 6.45) is 14.1. The van der Waals surface area contributed by atoms with Crippen LogP contribution in [0.3, 0.4) is 0 Å². The molecule has 10 nitrogen and oxygen atoms in total. The minimum atomic E-state index is -0.528. The number of esters is 1. The van der Waals surface area contributed by atoms with E-state index in [1.54, 1.807) is 0 Å². The molecule has 0 spiro atoms. The summed E-state index contributed by atoms with van der Waals surface area (Å²) >= 11 is 0. The Morgan fingerprint density at radius 3 is 1.38 bits per heavy atom. The van der Waals surface area contributed by atoms with Crippen molar-refractivity contribution in [2.45, 2.75) is 208 Å². The number of amides is 2. The summed E-state index contributed by atoms with van der Waals surface area (Å²) in [7, 11) is 6.60. The van der Waals surface area contributed by atoms with Crippen LogP contribution in [0, 0.1) is 10.8 Å². The molecule has 2 unspecified atom stereocenters. The molecule has 80 heavy (non-hydrogen) atoms. The molecule has 0 aromatic heterocycles. The minimum absolute atomic E-state index is 0.327. The van der Waals surface area contributed by atoms with Crippen molar-refractivity contribution in [1.82, 2.24) is 20.4 Å². The van der Waals surface area contributed by atoms with Gasteiger partial charge in [-0.05, 0) is 183 Å².